The van der Waals surface area contributed by atoms with E-state index in [4.69, 9.17) is 12.2 Å². The van der Waals surface area contributed by atoms with E-state index in [9.17, 15) is 19.7 Å². The maximum atomic E-state index is 13.4. The van der Waals surface area contributed by atoms with Gasteiger partial charge in [0.05, 0.1) is 17.1 Å². The fourth-order valence-electron chi connectivity index (χ4n) is 6.29. The average Bonchev–Trinajstić information content (AvgIpc) is 3.36. The summed E-state index contributed by atoms with van der Waals surface area (Å²) in [5.74, 6) is 0.118. The Kier molecular flexibility index (Phi) is 8.73. The van der Waals surface area contributed by atoms with Gasteiger partial charge in [0.25, 0.3) is 0 Å². The smallest absolute Gasteiger partial charge is 0.123 e. The highest BCUT2D eigenvalue weighted by Crippen LogP contribution is 2.47. The Morgan fingerprint density at radius 3 is 2.11 bits per heavy atom. The molecule has 5 aromatic carbocycles. The summed E-state index contributed by atoms with van der Waals surface area (Å²) in [5.41, 5.74) is 6.31. The van der Waals surface area contributed by atoms with Crippen molar-refractivity contribution < 1.29 is 19.7 Å². The summed E-state index contributed by atoms with van der Waals surface area (Å²) in [5, 5.41) is 32.2. The molecule has 0 spiro atoms. The lowest BCUT2D eigenvalue weighted by molar-refractivity contribution is 0.160. The topological polar surface area (TPSA) is 63.9 Å². The molecule has 5 aromatic rings. The van der Waals surface area contributed by atoms with Crippen molar-refractivity contribution in [3.05, 3.63) is 138 Å². The lowest BCUT2D eigenvalue weighted by Gasteiger charge is -2.31. The third-order valence-electron chi connectivity index (χ3n) is 8.52. The second-order valence-electron chi connectivity index (χ2n) is 11.4. The normalized spacial score (nSPS) is 17.1. The highest BCUT2D eigenvalue weighted by Gasteiger charge is 2.40. The zero-order chi connectivity index (χ0) is 30.6. The van der Waals surface area contributed by atoms with Gasteiger partial charge in [-0.25, -0.2) is 4.39 Å². The number of benzene rings is 5. The van der Waals surface area contributed by atoms with Crippen LogP contribution in [0.5, 0.6) is 11.5 Å². The van der Waals surface area contributed by atoms with E-state index in [-0.39, 0.29) is 29.3 Å². The molecule has 1 aliphatic heterocycles. The van der Waals surface area contributed by atoms with Crippen molar-refractivity contribution >= 4 is 22.9 Å². The van der Waals surface area contributed by atoms with Crippen LogP contribution in [0.3, 0.4) is 0 Å². The number of phenols is 2. The zero-order valence-electron chi connectivity index (χ0n) is 24.2. The predicted molar refractivity (Wildman–Crippen MR) is 178 cm³/mol. The van der Waals surface area contributed by atoms with Gasteiger partial charge in [-0.15, -0.1) is 0 Å². The van der Waals surface area contributed by atoms with E-state index in [1.54, 1.807) is 36.4 Å². The van der Waals surface area contributed by atoms with Gasteiger partial charge < -0.3 is 20.2 Å². The van der Waals surface area contributed by atoms with Gasteiger partial charge in [-0.1, -0.05) is 97.5 Å². The third-order valence-corrected chi connectivity index (χ3v) is 8.88. The van der Waals surface area contributed by atoms with Crippen molar-refractivity contribution in [3.8, 4) is 33.8 Å². The second-order valence-corrected chi connectivity index (χ2v) is 11.9. The number of aliphatic hydroxyl groups excluding tert-OH is 1. The molecular weight excluding hydrogens is 569 g/mol. The van der Waals surface area contributed by atoms with Crippen LogP contribution in [0.1, 0.15) is 49.0 Å². The molecule has 0 bridgehead atoms. The van der Waals surface area contributed by atoms with Crippen molar-refractivity contribution in [1.29, 1.82) is 0 Å². The molecule has 3 N–H and O–H groups in total. The quantitative estimate of drug-likeness (QED) is 0.147. The molecule has 0 aliphatic carbocycles. The number of hydrogen-bond donors (Lipinski definition) is 3. The fraction of sp³-hybridized carbons (Fsp3) is 0.184. The molecule has 6 heteroatoms. The van der Waals surface area contributed by atoms with Crippen molar-refractivity contribution in [3.63, 3.8) is 0 Å². The Labute approximate surface area is 262 Å². The summed E-state index contributed by atoms with van der Waals surface area (Å²) in [7, 11) is 0. The first-order valence-electron chi connectivity index (χ1n) is 14.9. The SMILES string of the molecule is Oc1cccc(-c2ccc(C3C(CCCC(O)c4ccc(F)cc4)CC(=S)N3c3ccc(-c4ccccc4)cc3)c(O)c2)c1. The average molecular weight is 604 g/mol. The predicted octanol–water partition coefficient (Wildman–Crippen LogP) is 9.37. The largest absolute Gasteiger partial charge is 0.508 e. The Hall–Kier alpha value is -4.52. The van der Waals surface area contributed by atoms with Gasteiger partial charge in [0.15, 0.2) is 0 Å². The highest BCUT2D eigenvalue weighted by atomic mass is 32.1. The van der Waals surface area contributed by atoms with Gasteiger partial charge in [0.2, 0.25) is 0 Å². The lowest BCUT2D eigenvalue weighted by Crippen LogP contribution is -2.28. The number of nitrogens with zero attached hydrogens (tertiary/aromatic N) is 1. The molecular formula is C38H34FNO3S. The van der Waals surface area contributed by atoms with Gasteiger partial charge in [-0.05, 0) is 89.0 Å². The van der Waals surface area contributed by atoms with Crippen LogP contribution in [-0.4, -0.2) is 20.3 Å². The Morgan fingerprint density at radius 1 is 0.750 bits per heavy atom. The van der Waals surface area contributed by atoms with Crippen molar-refractivity contribution in [2.45, 2.75) is 37.8 Å². The van der Waals surface area contributed by atoms with Crippen LogP contribution in [0.2, 0.25) is 0 Å². The number of rotatable bonds is 9. The molecule has 6 rings (SSSR count). The molecule has 1 fully saturated rings. The van der Waals surface area contributed by atoms with Crippen LogP contribution in [0.4, 0.5) is 10.1 Å². The minimum Gasteiger partial charge on any atom is -0.508 e. The number of anilines is 1. The second kappa shape index (κ2) is 13.0. The molecule has 1 heterocycles. The van der Waals surface area contributed by atoms with Crippen molar-refractivity contribution in [2.24, 2.45) is 5.92 Å². The molecule has 3 unspecified atom stereocenters. The van der Waals surface area contributed by atoms with Gasteiger partial charge in [0.1, 0.15) is 17.3 Å². The first kappa shape index (κ1) is 29.5. The fourth-order valence-corrected chi connectivity index (χ4v) is 6.72. The first-order chi connectivity index (χ1) is 21.4. The molecule has 1 saturated heterocycles. The summed E-state index contributed by atoms with van der Waals surface area (Å²) in [6.07, 6.45) is 2.07. The standard InChI is InChI=1S/C38H34FNO3S/c39-31-17-12-27(13-18-31)35(42)11-5-9-30-24-37(44)40(32-19-14-26(15-20-32)25-6-2-1-3-7-25)38(30)34-21-16-29(23-36(34)43)28-8-4-10-33(41)22-28/h1-4,6-8,10,12-23,30,35,38,41-43H,5,9,11,24H2. The van der Waals surface area contributed by atoms with E-state index in [2.05, 4.69) is 41.3 Å². The van der Waals surface area contributed by atoms with Gasteiger partial charge in [-0.3, -0.25) is 0 Å². The van der Waals surface area contributed by atoms with Crippen LogP contribution in [0, 0.1) is 11.7 Å². The van der Waals surface area contributed by atoms with Crippen LogP contribution >= 0.6 is 12.2 Å². The van der Waals surface area contributed by atoms with Gasteiger partial charge >= 0.3 is 0 Å². The maximum Gasteiger partial charge on any atom is 0.123 e. The van der Waals surface area contributed by atoms with E-state index in [0.29, 0.717) is 18.4 Å². The molecule has 44 heavy (non-hydrogen) atoms. The third kappa shape index (κ3) is 6.37. The summed E-state index contributed by atoms with van der Waals surface area (Å²) in [4.78, 5) is 2.97. The maximum absolute atomic E-state index is 13.4. The number of phenolic OH excluding ortho intramolecular Hbond substituents is 2. The van der Waals surface area contributed by atoms with Crippen LogP contribution in [0.25, 0.3) is 22.3 Å². The molecule has 0 amide bonds. The summed E-state index contributed by atoms with van der Waals surface area (Å²) in [6, 6.07) is 37.0. The lowest BCUT2D eigenvalue weighted by atomic mass is 9.87. The number of hydrogen-bond acceptors (Lipinski definition) is 4. The van der Waals surface area contributed by atoms with E-state index in [1.807, 2.05) is 36.4 Å². The molecule has 0 saturated carbocycles. The summed E-state index contributed by atoms with van der Waals surface area (Å²) >= 11 is 5.99. The summed E-state index contributed by atoms with van der Waals surface area (Å²) < 4.78 is 13.4. The number of aliphatic hydroxyl groups is 1. The summed E-state index contributed by atoms with van der Waals surface area (Å²) in [6.45, 7) is 0. The minimum atomic E-state index is -0.681. The van der Waals surface area contributed by atoms with Crippen LogP contribution in [-0.2, 0) is 0 Å². The van der Waals surface area contributed by atoms with E-state index in [1.165, 1.54) is 12.1 Å². The Bertz CT molecular complexity index is 1740. The van der Waals surface area contributed by atoms with E-state index >= 15 is 0 Å². The molecule has 4 nitrogen and oxygen atoms in total. The number of halogens is 1. The minimum absolute atomic E-state index is 0.106. The van der Waals surface area contributed by atoms with Gasteiger partial charge in [0, 0.05) is 17.7 Å². The highest BCUT2D eigenvalue weighted by molar-refractivity contribution is 7.80. The van der Waals surface area contributed by atoms with E-state index in [0.717, 1.165) is 51.3 Å². The molecule has 3 atom stereocenters. The molecule has 222 valence electrons. The van der Waals surface area contributed by atoms with E-state index < -0.39 is 6.10 Å². The van der Waals surface area contributed by atoms with Crippen molar-refractivity contribution in [2.75, 3.05) is 4.90 Å². The van der Waals surface area contributed by atoms with Crippen molar-refractivity contribution in [1.82, 2.24) is 0 Å². The zero-order valence-corrected chi connectivity index (χ0v) is 25.0. The number of aromatic hydroxyl groups is 2. The molecule has 0 radical (unpaired) electrons. The Balaban J connectivity index is 1.29. The van der Waals surface area contributed by atoms with Gasteiger partial charge in [-0.2, -0.15) is 0 Å². The van der Waals surface area contributed by atoms with Crippen LogP contribution < -0.4 is 4.90 Å². The van der Waals surface area contributed by atoms with Crippen LogP contribution in [0.15, 0.2) is 121 Å². The first-order valence-corrected chi connectivity index (χ1v) is 15.3. The number of thiocarbonyl (C=S) groups is 1. The monoisotopic (exact) mass is 603 g/mol. The Morgan fingerprint density at radius 2 is 1.41 bits per heavy atom. The molecule has 0 aromatic heterocycles. The molecule has 1 aliphatic rings.